The summed E-state index contributed by atoms with van der Waals surface area (Å²) in [4.78, 5) is 23.2. The van der Waals surface area contributed by atoms with E-state index in [4.69, 9.17) is 4.74 Å². The quantitative estimate of drug-likeness (QED) is 0.508. The maximum absolute atomic E-state index is 11.5. The first-order valence-electron chi connectivity index (χ1n) is 4.22. The van der Waals surface area contributed by atoms with Crippen molar-refractivity contribution in [3.8, 4) is 0 Å². The molecule has 0 saturated carbocycles. The van der Waals surface area contributed by atoms with E-state index in [1.165, 1.54) is 18.4 Å². The smallest absolute Gasteiger partial charge is 0.293 e. The van der Waals surface area contributed by atoms with Crippen LogP contribution in [-0.4, -0.2) is 32.0 Å². The zero-order valence-corrected chi connectivity index (χ0v) is 10.5. The third-order valence-corrected chi connectivity index (χ3v) is 3.22. The Kier molecular flexibility index (Phi) is 4.93. The van der Waals surface area contributed by atoms with Crippen molar-refractivity contribution in [2.45, 2.75) is 0 Å². The molecule has 1 aromatic rings. The highest BCUT2D eigenvalue weighted by Gasteiger charge is 2.17. The van der Waals surface area contributed by atoms with E-state index in [2.05, 4.69) is 21.2 Å². The molecule has 4 nitrogen and oxygen atoms in total. The maximum atomic E-state index is 11.5. The Balaban J connectivity index is 2.50. The van der Waals surface area contributed by atoms with Crippen molar-refractivity contribution in [1.29, 1.82) is 0 Å². The molecule has 0 bridgehead atoms. The number of ether oxygens (including phenoxy) is 1. The second kappa shape index (κ2) is 5.99. The van der Waals surface area contributed by atoms with E-state index < -0.39 is 11.7 Å². The van der Waals surface area contributed by atoms with Gasteiger partial charge in [0.25, 0.3) is 11.7 Å². The van der Waals surface area contributed by atoms with Gasteiger partial charge in [-0.3, -0.25) is 9.59 Å². The molecule has 1 aromatic heterocycles. The molecule has 82 valence electrons. The first kappa shape index (κ1) is 12.4. The highest BCUT2D eigenvalue weighted by atomic mass is 79.9. The number of nitrogens with one attached hydrogen (secondary N) is 1. The molecule has 0 aromatic carbocycles. The molecule has 1 N–H and O–H groups in total. The molecule has 1 heterocycles. The average Bonchev–Trinajstić information content (AvgIpc) is 2.64. The summed E-state index contributed by atoms with van der Waals surface area (Å²) in [6.45, 7) is 0.737. The minimum absolute atomic E-state index is 0.341. The van der Waals surface area contributed by atoms with Crippen molar-refractivity contribution >= 4 is 39.0 Å². The molecular formula is C9H10BrNO3S. The number of hydrogen-bond donors (Lipinski definition) is 1. The molecule has 0 saturated heterocycles. The molecule has 0 unspecified atom stereocenters. The average molecular weight is 292 g/mol. The number of carbonyl (C=O) groups excluding carboxylic acids is 2. The Labute approximate surface area is 99.8 Å². The van der Waals surface area contributed by atoms with Gasteiger partial charge in [0, 0.05) is 13.7 Å². The molecule has 1 rings (SSSR count). The standard InChI is InChI=1S/C9H10BrNO3S/c1-14-5-4-11-9(13)8(12)6-2-3-7(10)15-6/h2-3H,4-5H2,1H3,(H,11,13). The molecule has 15 heavy (non-hydrogen) atoms. The lowest BCUT2D eigenvalue weighted by molar-refractivity contribution is -0.117. The minimum atomic E-state index is -0.596. The molecule has 1 amide bonds. The third-order valence-electron chi connectivity index (χ3n) is 1.59. The molecule has 0 fully saturated rings. The second-order valence-corrected chi connectivity index (χ2v) is 5.14. The summed E-state index contributed by atoms with van der Waals surface area (Å²) < 4.78 is 5.58. The monoisotopic (exact) mass is 291 g/mol. The van der Waals surface area contributed by atoms with Gasteiger partial charge in [0.1, 0.15) is 0 Å². The molecule has 0 atom stereocenters. The van der Waals surface area contributed by atoms with Crippen LogP contribution < -0.4 is 5.32 Å². The van der Waals surface area contributed by atoms with Gasteiger partial charge in [-0.25, -0.2) is 0 Å². The van der Waals surface area contributed by atoms with E-state index in [0.29, 0.717) is 18.0 Å². The summed E-state index contributed by atoms with van der Waals surface area (Å²) in [5.74, 6) is -1.11. The van der Waals surface area contributed by atoms with Crippen LogP contribution in [0.1, 0.15) is 9.67 Å². The van der Waals surface area contributed by atoms with E-state index in [-0.39, 0.29) is 0 Å². The van der Waals surface area contributed by atoms with Crippen LogP contribution in [0.25, 0.3) is 0 Å². The first-order chi connectivity index (χ1) is 7.15. The van der Waals surface area contributed by atoms with Crippen molar-refractivity contribution in [2.24, 2.45) is 0 Å². The number of Topliss-reactive ketones (excluding diaryl/α,β-unsaturated/α-hetero) is 1. The summed E-state index contributed by atoms with van der Waals surface area (Å²) in [6, 6.07) is 3.35. The molecule has 0 aliphatic heterocycles. The summed E-state index contributed by atoms with van der Waals surface area (Å²) in [6.07, 6.45) is 0. The molecule has 0 aliphatic carbocycles. The van der Waals surface area contributed by atoms with E-state index in [1.54, 1.807) is 12.1 Å². The van der Waals surface area contributed by atoms with Gasteiger partial charge in [0.05, 0.1) is 15.3 Å². The van der Waals surface area contributed by atoms with Crippen LogP contribution in [0.15, 0.2) is 15.9 Å². The van der Waals surface area contributed by atoms with Crippen LogP contribution in [-0.2, 0) is 9.53 Å². The number of carbonyl (C=O) groups is 2. The molecule has 0 radical (unpaired) electrons. The Hall–Kier alpha value is -0.720. The third kappa shape index (κ3) is 3.73. The number of halogens is 1. The van der Waals surface area contributed by atoms with Crippen molar-refractivity contribution < 1.29 is 14.3 Å². The Bertz CT molecular complexity index is 364. The molecular weight excluding hydrogens is 282 g/mol. The summed E-state index contributed by atoms with van der Waals surface area (Å²) >= 11 is 4.47. The van der Waals surface area contributed by atoms with Gasteiger partial charge in [-0.05, 0) is 28.1 Å². The van der Waals surface area contributed by atoms with Crippen LogP contribution in [0.4, 0.5) is 0 Å². The zero-order chi connectivity index (χ0) is 11.3. The lowest BCUT2D eigenvalue weighted by atomic mass is 10.3. The molecule has 6 heteroatoms. The summed E-state index contributed by atoms with van der Waals surface area (Å²) in [5, 5.41) is 2.47. The van der Waals surface area contributed by atoms with Gasteiger partial charge >= 0.3 is 0 Å². The van der Waals surface area contributed by atoms with Crippen molar-refractivity contribution in [2.75, 3.05) is 20.3 Å². The van der Waals surface area contributed by atoms with Gasteiger partial charge in [-0.15, -0.1) is 11.3 Å². The predicted molar refractivity (Wildman–Crippen MR) is 61.2 cm³/mol. The first-order valence-corrected chi connectivity index (χ1v) is 5.83. The maximum Gasteiger partial charge on any atom is 0.293 e. The van der Waals surface area contributed by atoms with Crippen molar-refractivity contribution in [3.63, 3.8) is 0 Å². The lowest BCUT2D eigenvalue weighted by Crippen LogP contribution is -2.32. The SMILES string of the molecule is COCCNC(=O)C(=O)c1ccc(Br)s1. The van der Waals surface area contributed by atoms with Crippen LogP contribution in [0, 0.1) is 0 Å². The number of amides is 1. The number of ketones is 1. The fourth-order valence-electron chi connectivity index (χ4n) is 0.895. The summed E-state index contributed by atoms with van der Waals surface area (Å²) in [7, 11) is 1.53. The predicted octanol–water partition coefficient (Wildman–Crippen LogP) is 1.46. The van der Waals surface area contributed by atoms with Crippen LogP contribution in [0.2, 0.25) is 0 Å². The van der Waals surface area contributed by atoms with Gasteiger partial charge in [-0.1, -0.05) is 0 Å². The van der Waals surface area contributed by atoms with Gasteiger partial charge in [-0.2, -0.15) is 0 Å². The molecule has 0 spiro atoms. The number of thiophene rings is 1. The number of hydrogen-bond acceptors (Lipinski definition) is 4. The van der Waals surface area contributed by atoms with Gasteiger partial charge in [0.15, 0.2) is 0 Å². The highest BCUT2D eigenvalue weighted by molar-refractivity contribution is 9.11. The Morgan fingerprint density at radius 2 is 2.27 bits per heavy atom. The van der Waals surface area contributed by atoms with Crippen molar-refractivity contribution in [3.05, 3.63) is 20.8 Å². The minimum Gasteiger partial charge on any atom is -0.383 e. The van der Waals surface area contributed by atoms with E-state index in [0.717, 1.165) is 3.79 Å². The fraction of sp³-hybridized carbons (Fsp3) is 0.333. The van der Waals surface area contributed by atoms with Crippen molar-refractivity contribution in [1.82, 2.24) is 5.32 Å². The highest BCUT2D eigenvalue weighted by Crippen LogP contribution is 2.22. The number of rotatable bonds is 5. The topological polar surface area (TPSA) is 55.4 Å². The zero-order valence-electron chi connectivity index (χ0n) is 8.08. The fourth-order valence-corrected chi connectivity index (χ4v) is 2.22. The lowest BCUT2D eigenvalue weighted by Gasteiger charge is -2.01. The van der Waals surface area contributed by atoms with Gasteiger partial charge in [0.2, 0.25) is 0 Å². The van der Waals surface area contributed by atoms with Crippen LogP contribution >= 0.6 is 27.3 Å². The van der Waals surface area contributed by atoms with Gasteiger partial charge < -0.3 is 10.1 Å². The van der Waals surface area contributed by atoms with E-state index in [9.17, 15) is 9.59 Å². The Morgan fingerprint density at radius 3 is 2.80 bits per heavy atom. The van der Waals surface area contributed by atoms with E-state index >= 15 is 0 Å². The number of methoxy groups -OCH3 is 1. The normalized spacial score (nSPS) is 10.0. The van der Waals surface area contributed by atoms with E-state index in [1.807, 2.05) is 0 Å². The molecule has 0 aliphatic rings. The van der Waals surface area contributed by atoms with Crippen LogP contribution in [0.3, 0.4) is 0 Å². The largest absolute Gasteiger partial charge is 0.383 e. The van der Waals surface area contributed by atoms with Crippen LogP contribution in [0.5, 0.6) is 0 Å². The summed E-state index contributed by atoms with van der Waals surface area (Å²) in [5.41, 5.74) is 0. The Morgan fingerprint density at radius 1 is 1.53 bits per heavy atom. The second-order valence-electron chi connectivity index (χ2n) is 2.68.